The van der Waals surface area contributed by atoms with Crippen LogP contribution in [0.1, 0.15) is 25.5 Å². The van der Waals surface area contributed by atoms with Gasteiger partial charge in [-0.2, -0.15) is 0 Å². The molecule has 0 aliphatic carbocycles. The summed E-state index contributed by atoms with van der Waals surface area (Å²) in [6, 6.07) is 0. The van der Waals surface area contributed by atoms with Crippen LogP contribution >= 0.6 is 0 Å². The van der Waals surface area contributed by atoms with Gasteiger partial charge in [0.1, 0.15) is 5.76 Å². The number of nitrogens with zero attached hydrogens (tertiary/aromatic N) is 1. The van der Waals surface area contributed by atoms with Crippen LogP contribution in [0.15, 0.2) is 10.6 Å². The zero-order chi connectivity index (χ0) is 9.19. The highest BCUT2D eigenvalue weighted by atomic mass is 16.4. The lowest BCUT2D eigenvalue weighted by Gasteiger charge is -2.10. The van der Waals surface area contributed by atoms with Gasteiger partial charge < -0.3 is 9.52 Å². The van der Waals surface area contributed by atoms with Crippen LogP contribution in [-0.4, -0.2) is 10.1 Å². The van der Waals surface area contributed by atoms with Crippen molar-refractivity contribution in [2.24, 2.45) is 0 Å². The molecule has 0 saturated heterocycles. The average molecular weight is 165 g/mol. The number of hydrogen-bond donors (Lipinski definition) is 1. The van der Waals surface area contributed by atoms with Crippen LogP contribution in [0.4, 0.5) is 0 Å². The van der Waals surface area contributed by atoms with E-state index in [9.17, 15) is 5.11 Å². The molecular weight excluding hydrogens is 154 g/mol. The molecule has 64 valence electrons. The van der Waals surface area contributed by atoms with E-state index in [1.54, 1.807) is 27.0 Å². The van der Waals surface area contributed by atoms with Crippen molar-refractivity contribution >= 4 is 0 Å². The van der Waals surface area contributed by atoms with Gasteiger partial charge in [-0.25, -0.2) is 4.98 Å². The third kappa shape index (κ3) is 1.66. The van der Waals surface area contributed by atoms with E-state index in [1.807, 2.05) is 0 Å². The third-order valence-electron chi connectivity index (χ3n) is 1.41. The lowest BCUT2D eigenvalue weighted by Crippen LogP contribution is -2.18. The van der Waals surface area contributed by atoms with Crippen molar-refractivity contribution in [3.8, 4) is 11.8 Å². The molecule has 1 rings (SSSR count). The van der Waals surface area contributed by atoms with Crippen LogP contribution in [0.5, 0.6) is 0 Å². The lowest BCUT2D eigenvalue weighted by molar-refractivity contribution is 0.0882. The average Bonchev–Trinajstić information content (AvgIpc) is 2.36. The Bertz CT molecular complexity index is 328. The Balaban J connectivity index is 3.02. The first kappa shape index (κ1) is 8.82. The van der Waals surface area contributed by atoms with Crippen molar-refractivity contribution in [1.82, 2.24) is 4.98 Å². The van der Waals surface area contributed by atoms with Gasteiger partial charge in [-0.1, -0.05) is 5.92 Å². The first-order valence-electron chi connectivity index (χ1n) is 3.65. The van der Waals surface area contributed by atoms with E-state index in [1.165, 1.54) is 0 Å². The van der Waals surface area contributed by atoms with Gasteiger partial charge in [-0.05, 0) is 20.8 Å². The van der Waals surface area contributed by atoms with Gasteiger partial charge in [0, 0.05) is 0 Å². The quantitative estimate of drug-likeness (QED) is 0.636. The number of hydrogen-bond acceptors (Lipinski definition) is 3. The Morgan fingerprint density at radius 3 is 2.75 bits per heavy atom. The van der Waals surface area contributed by atoms with Crippen LogP contribution < -0.4 is 0 Å². The normalized spacial score (nSPS) is 14.7. The molecule has 0 amide bonds. The highest BCUT2D eigenvalue weighted by Gasteiger charge is 2.25. The SMILES string of the molecule is CC#C[C@](C)(O)c1ncc(C)o1. The molecule has 0 aliphatic heterocycles. The minimum atomic E-state index is -1.27. The lowest BCUT2D eigenvalue weighted by atomic mass is 10.1. The molecule has 0 aliphatic rings. The summed E-state index contributed by atoms with van der Waals surface area (Å²) in [5.41, 5.74) is -1.27. The minimum Gasteiger partial charge on any atom is -0.442 e. The van der Waals surface area contributed by atoms with E-state index in [2.05, 4.69) is 16.8 Å². The van der Waals surface area contributed by atoms with Gasteiger partial charge in [-0.3, -0.25) is 0 Å². The molecule has 0 aromatic carbocycles. The second-order valence-electron chi connectivity index (χ2n) is 2.72. The maximum Gasteiger partial charge on any atom is 0.239 e. The van der Waals surface area contributed by atoms with Crippen LogP contribution in [0.3, 0.4) is 0 Å². The number of oxazole rings is 1. The van der Waals surface area contributed by atoms with E-state index < -0.39 is 5.60 Å². The molecule has 1 atom stereocenters. The Morgan fingerprint density at radius 2 is 2.33 bits per heavy atom. The zero-order valence-corrected chi connectivity index (χ0v) is 7.38. The van der Waals surface area contributed by atoms with E-state index in [-0.39, 0.29) is 5.89 Å². The third-order valence-corrected chi connectivity index (χ3v) is 1.41. The topological polar surface area (TPSA) is 46.3 Å². The first-order chi connectivity index (χ1) is 5.56. The van der Waals surface area contributed by atoms with E-state index >= 15 is 0 Å². The van der Waals surface area contributed by atoms with Gasteiger partial charge in [0.2, 0.25) is 5.89 Å². The minimum absolute atomic E-state index is 0.245. The fourth-order valence-electron chi connectivity index (χ4n) is 0.877. The van der Waals surface area contributed by atoms with Crippen LogP contribution in [-0.2, 0) is 5.60 Å². The summed E-state index contributed by atoms with van der Waals surface area (Å²) in [6.07, 6.45) is 1.56. The van der Waals surface area contributed by atoms with Crippen molar-refractivity contribution in [3.63, 3.8) is 0 Å². The fourth-order valence-corrected chi connectivity index (χ4v) is 0.877. The summed E-state index contributed by atoms with van der Waals surface area (Å²) in [4.78, 5) is 3.89. The summed E-state index contributed by atoms with van der Waals surface area (Å²) >= 11 is 0. The van der Waals surface area contributed by atoms with Gasteiger partial charge in [0.25, 0.3) is 0 Å². The number of aliphatic hydroxyl groups is 1. The molecule has 1 heterocycles. The monoisotopic (exact) mass is 165 g/mol. The standard InChI is InChI=1S/C9H11NO2/c1-4-5-9(3,11)8-10-6-7(2)12-8/h6,11H,1-3H3/t9-/m0/s1. The number of aromatic nitrogens is 1. The van der Waals surface area contributed by atoms with Crippen molar-refractivity contribution < 1.29 is 9.52 Å². The van der Waals surface area contributed by atoms with E-state index in [4.69, 9.17) is 4.42 Å². The zero-order valence-electron chi connectivity index (χ0n) is 7.38. The van der Waals surface area contributed by atoms with Crippen molar-refractivity contribution in [2.75, 3.05) is 0 Å². The highest BCUT2D eigenvalue weighted by molar-refractivity contribution is 5.17. The van der Waals surface area contributed by atoms with Crippen LogP contribution in [0.2, 0.25) is 0 Å². The van der Waals surface area contributed by atoms with Crippen LogP contribution in [0, 0.1) is 18.8 Å². The van der Waals surface area contributed by atoms with Crippen LogP contribution in [0.25, 0.3) is 0 Å². The maximum atomic E-state index is 9.67. The molecule has 0 bridgehead atoms. The molecule has 1 N–H and O–H groups in total. The summed E-state index contributed by atoms with van der Waals surface area (Å²) in [5.74, 6) is 6.13. The smallest absolute Gasteiger partial charge is 0.239 e. The molecule has 12 heavy (non-hydrogen) atoms. The fraction of sp³-hybridized carbons (Fsp3) is 0.444. The Labute approximate surface area is 71.4 Å². The molecule has 1 aromatic heterocycles. The number of rotatable bonds is 1. The maximum absolute atomic E-state index is 9.67. The molecule has 0 radical (unpaired) electrons. The van der Waals surface area contributed by atoms with Gasteiger partial charge in [0.05, 0.1) is 6.20 Å². The van der Waals surface area contributed by atoms with E-state index in [0.717, 1.165) is 0 Å². The van der Waals surface area contributed by atoms with E-state index in [0.29, 0.717) is 5.76 Å². The Hall–Kier alpha value is -1.27. The highest BCUT2D eigenvalue weighted by Crippen LogP contribution is 2.18. The second-order valence-corrected chi connectivity index (χ2v) is 2.72. The van der Waals surface area contributed by atoms with Gasteiger partial charge in [-0.15, -0.1) is 5.92 Å². The molecule has 0 saturated carbocycles. The molecule has 0 spiro atoms. The molecular formula is C9H11NO2. The predicted octanol–water partition coefficient (Wildman–Crippen LogP) is 1.21. The molecule has 1 aromatic rings. The summed E-state index contributed by atoms with van der Waals surface area (Å²) in [6.45, 7) is 4.98. The summed E-state index contributed by atoms with van der Waals surface area (Å²) in [7, 11) is 0. The Morgan fingerprint density at radius 1 is 1.67 bits per heavy atom. The van der Waals surface area contributed by atoms with Crippen molar-refractivity contribution in [3.05, 3.63) is 17.8 Å². The molecule has 0 fully saturated rings. The predicted molar refractivity (Wildman–Crippen MR) is 44.3 cm³/mol. The molecule has 3 heteroatoms. The second kappa shape index (κ2) is 3.00. The Kier molecular flexibility index (Phi) is 2.20. The van der Waals surface area contributed by atoms with Gasteiger partial charge in [0.15, 0.2) is 5.60 Å². The first-order valence-corrected chi connectivity index (χ1v) is 3.65. The summed E-state index contributed by atoms with van der Waals surface area (Å²) in [5, 5.41) is 9.67. The number of aryl methyl sites for hydroxylation is 1. The largest absolute Gasteiger partial charge is 0.442 e. The molecule has 3 nitrogen and oxygen atoms in total. The summed E-state index contributed by atoms with van der Waals surface area (Å²) < 4.78 is 5.14. The molecule has 0 unspecified atom stereocenters. The van der Waals surface area contributed by atoms with Gasteiger partial charge >= 0.3 is 0 Å². The van der Waals surface area contributed by atoms with Crippen molar-refractivity contribution in [2.45, 2.75) is 26.4 Å². The van der Waals surface area contributed by atoms with Crippen molar-refractivity contribution in [1.29, 1.82) is 0 Å².